The van der Waals surface area contributed by atoms with Crippen LogP contribution < -0.4 is 11.1 Å². The van der Waals surface area contributed by atoms with Crippen LogP contribution in [0.2, 0.25) is 0 Å². The highest BCUT2D eigenvalue weighted by molar-refractivity contribution is 5.79. The van der Waals surface area contributed by atoms with E-state index < -0.39 is 0 Å². The van der Waals surface area contributed by atoms with Crippen LogP contribution in [-0.4, -0.2) is 12.5 Å². The van der Waals surface area contributed by atoms with Crippen molar-refractivity contribution in [2.75, 3.05) is 6.54 Å². The number of amides is 1. The van der Waals surface area contributed by atoms with Gasteiger partial charge in [0.2, 0.25) is 5.91 Å². The Morgan fingerprint density at radius 3 is 2.62 bits per heavy atom. The van der Waals surface area contributed by atoms with Crippen molar-refractivity contribution in [1.29, 1.82) is 0 Å². The van der Waals surface area contributed by atoms with Gasteiger partial charge < -0.3 is 15.5 Å². The van der Waals surface area contributed by atoms with Crippen LogP contribution >= 0.6 is 0 Å². The molecule has 0 aliphatic heterocycles. The lowest BCUT2D eigenvalue weighted by atomic mass is 9.95. The zero-order valence-corrected chi connectivity index (χ0v) is 10.1. The van der Waals surface area contributed by atoms with E-state index in [0.717, 1.165) is 5.76 Å². The van der Waals surface area contributed by atoms with Crippen LogP contribution in [0.3, 0.4) is 0 Å². The van der Waals surface area contributed by atoms with Gasteiger partial charge in [0.15, 0.2) is 0 Å². The van der Waals surface area contributed by atoms with Crippen LogP contribution in [-0.2, 0) is 4.79 Å². The van der Waals surface area contributed by atoms with Crippen LogP contribution in [0, 0.1) is 11.8 Å². The van der Waals surface area contributed by atoms with Gasteiger partial charge in [0.1, 0.15) is 5.76 Å². The second-order valence-corrected chi connectivity index (χ2v) is 4.33. The maximum atomic E-state index is 11.9. The normalized spacial score (nSPS) is 14.8. The third kappa shape index (κ3) is 3.10. The molecule has 0 fully saturated rings. The third-order valence-corrected chi connectivity index (χ3v) is 2.72. The van der Waals surface area contributed by atoms with Crippen molar-refractivity contribution in [2.24, 2.45) is 17.6 Å². The molecule has 90 valence electrons. The van der Waals surface area contributed by atoms with Crippen LogP contribution in [0.1, 0.15) is 32.6 Å². The molecule has 0 aromatic carbocycles. The van der Waals surface area contributed by atoms with Crippen LogP contribution in [0.5, 0.6) is 0 Å². The summed E-state index contributed by atoms with van der Waals surface area (Å²) in [5.74, 6) is 0.848. The van der Waals surface area contributed by atoms with Gasteiger partial charge in [-0.25, -0.2) is 0 Å². The summed E-state index contributed by atoms with van der Waals surface area (Å²) < 4.78 is 5.22. The minimum atomic E-state index is -0.141. The molecule has 0 aliphatic carbocycles. The van der Waals surface area contributed by atoms with Gasteiger partial charge in [0.25, 0.3) is 0 Å². The molecule has 0 radical (unpaired) electrons. The standard InChI is InChI=1S/C12H20N2O2/c1-8(2)10(7-13)12(15)14-9(3)11-5-4-6-16-11/h4-6,8-10H,7,13H2,1-3H3,(H,14,15)/t9-,10?/m1/s1. The number of rotatable bonds is 5. The summed E-state index contributed by atoms with van der Waals surface area (Å²) in [6, 6.07) is 3.54. The van der Waals surface area contributed by atoms with E-state index in [0.29, 0.717) is 6.54 Å². The Morgan fingerprint density at radius 2 is 2.19 bits per heavy atom. The smallest absolute Gasteiger partial charge is 0.225 e. The van der Waals surface area contributed by atoms with E-state index in [1.165, 1.54) is 0 Å². The molecular weight excluding hydrogens is 204 g/mol. The first-order valence-electron chi connectivity index (χ1n) is 5.60. The summed E-state index contributed by atoms with van der Waals surface area (Å²) in [5.41, 5.74) is 5.58. The van der Waals surface area contributed by atoms with Gasteiger partial charge in [-0.15, -0.1) is 0 Å². The predicted molar refractivity (Wildman–Crippen MR) is 62.6 cm³/mol. The molecule has 0 saturated carbocycles. The van der Waals surface area contributed by atoms with Gasteiger partial charge in [0, 0.05) is 6.54 Å². The Labute approximate surface area is 96.2 Å². The van der Waals surface area contributed by atoms with Crippen molar-refractivity contribution in [3.63, 3.8) is 0 Å². The molecule has 1 unspecified atom stereocenters. The maximum absolute atomic E-state index is 11.9. The summed E-state index contributed by atoms with van der Waals surface area (Å²) >= 11 is 0. The van der Waals surface area contributed by atoms with Gasteiger partial charge in [-0.3, -0.25) is 4.79 Å². The Balaban J connectivity index is 2.57. The molecule has 2 atom stereocenters. The first-order valence-corrected chi connectivity index (χ1v) is 5.60. The van der Waals surface area contributed by atoms with Gasteiger partial charge >= 0.3 is 0 Å². The summed E-state index contributed by atoms with van der Waals surface area (Å²) in [6.45, 7) is 6.25. The molecular formula is C12H20N2O2. The quantitative estimate of drug-likeness (QED) is 0.799. The number of hydrogen-bond acceptors (Lipinski definition) is 3. The summed E-state index contributed by atoms with van der Waals surface area (Å²) in [5, 5.41) is 2.90. The topological polar surface area (TPSA) is 68.3 Å². The lowest BCUT2D eigenvalue weighted by molar-refractivity contribution is -0.126. The number of nitrogens with two attached hydrogens (primary N) is 1. The van der Waals surface area contributed by atoms with Crippen LogP contribution in [0.15, 0.2) is 22.8 Å². The third-order valence-electron chi connectivity index (χ3n) is 2.72. The molecule has 1 heterocycles. The van der Waals surface area contributed by atoms with Gasteiger partial charge in [-0.1, -0.05) is 13.8 Å². The van der Waals surface area contributed by atoms with E-state index in [9.17, 15) is 4.79 Å². The molecule has 3 N–H and O–H groups in total. The van der Waals surface area contributed by atoms with Crippen LogP contribution in [0.25, 0.3) is 0 Å². The van der Waals surface area contributed by atoms with Crippen molar-refractivity contribution in [2.45, 2.75) is 26.8 Å². The molecule has 4 heteroatoms. The summed E-state index contributed by atoms with van der Waals surface area (Å²) in [7, 11) is 0. The largest absolute Gasteiger partial charge is 0.467 e. The monoisotopic (exact) mass is 224 g/mol. The van der Waals surface area contributed by atoms with Crippen molar-refractivity contribution in [3.8, 4) is 0 Å². The van der Waals surface area contributed by atoms with Crippen molar-refractivity contribution >= 4 is 5.91 Å². The van der Waals surface area contributed by atoms with E-state index >= 15 is 0 Å². The average Bonchev–Trinajstić information content (AvgIpc) is 2.70. The maximum Gasteiger partial charge on any atom is 0.225 e. The molecule has 1 aromatic heterocycles. The van der Waals surface area contributed by atoms with E-state index in [1.807, 2.05) is 26.8 Å². The van der Waals surface area contributed by atoms with E-state index in [2.05, 4.69) is 5.32 Å². The number of hydrogen-bond donors (Lipinski definition) is 2. The number of nitrogens with one attached hydrogen (secondary N) is 1. The Kier molecular flexibility index (Phi) is 4.55. The minimum absolute atomic E-state index is 0.0126. The molecule has 16 heavy (non-hydrogen) atoms. The molecule has 1 aromatic rings. The number of furan rings is 1. The highest BCUT2D eigenvalue weighted by atomic mass is 16.3. The molecule has 1 rings (SSSR count). The average molecular weight is 224 g/mol. The van der Waals surface area contributed by atoms with Gasteiger partial charge in [-0.2, -0.15) is 0 Å². The molecule has 0 spiro atoms. The second kappa shape index (κ2) is 5.70. The van der Waals surface area contributed by atoms with E-state index in [-0.39, 0.29) is 23.8 Å². The van der Waals surface area contributed by atoms with Crippen molar-refractivity contribution in [1.82, 2.24) is 5.32 Å². The molecule has 4 nitrogen and oxygen atoms in total. The lowest BCUT2D eigenvalue weighted by Crippen LogP contribution is -2.39. The Bertz CT molecular complexity index is 320. The fourth-order valence-corrected chi connectivity index (χ4v) is 1.61. The van der Waals surface area contributed by atoms with E-state index in [4.69, 9.17) is 10.2 Å². The SMILES string of the molecule is CC(C)C(CN)C(=O)N[C@H](C)c1ccco1. The Hall–Kier alpha value is -1.29. The fraction of sp³-hybridized carbons (Fsp3) is 0.583. The zero-order valence-electron chi connectivity index (χ0n) is 10.1. The van der Waals surface area contributed by atoms with Crippen molar-refractivity contribution < 1.29 is 9.21 Å². The highest BCUT2D eigenvalue weighted by Crippen LogP contribution is 2.15. The van der Waals surface area contributed by atoms with E-state index in [1.54, 1.807) is 12.3 Å². The zero-order chi connectivity index (χ0) is 12.1. The molecule has 0 bridgehead atoms. The number of carbonyl (C=O) groups excluding carboxylic acids is 1. The molecule has 0 aliphatic rings. The van der Waals surface area contributed by atoms with Crippen molar-refractivity contribution in [3.05, 3.63) is 24.2 Å². The lowest BCUT2D eigenvalue weighted by Gasteiger charge is -2.20. The van der Waals surface area contributed by atoms with Gasteiger partial charge in [0.05, 0.1) is 18.2 Å². The minimum Gasteiger partial charge on any atom is -0.467 e. The number of carbonyl (C=O) groups is 1. The first kappa shape index (κ1) is 12.8. The second-order valence-electron chi connectivity index (χ2n) is 4.33. The molecule has 1 amide bonds. The highest BCUT2D eigenvalue weighted by Gasteiger charge is 2.22. The molecule has 0 saturated heterocycles. The fourth-order valence-electron chi connectivity index (χ4n) is 1.61. The first-order chi connectivity index (χ1) is 7.56. The van der Waals surface area contributed by atoms with Crippen LogP contribution in [0.4, 0.5) is 0 Å². The summed E-state index contributed by atoms with van der Waals surface area (Å²) in [6.07, 6.45) is 1.60. The predicted octanol–water partition coefficient (Wildman–Crippen LogP) is 1.69. The summed E-state index contributed by atoms with van der Waals surface area (Å²) in [4.78, 5) is 11.9. The Morgan fingerprint density at radius 1 is 1.50 bits per heavy atom. The van der Waals surface area contributed by atoms with Gasteiger partial charge in [-0.05, 0) is 25.0 Å².